The minimum absolute atomic E-state index is 0.0775. The molecule has 0 aliphatic rings. The first kappa shape index (κ1) is 15.5. The van der Waals surface area contributed by atoms with E-state index in [-0.39, 0.29) is 11.4 Å². The Morgan fingerprint density at radius 1 is 0.913 bits per heavy atom. The average molecular weight is 329 g/mol. The Balaban J connectivity index is 2.17. The molecule has 3 rings (SSSR count). The standard InChI is InChI=1S/C18H16FNO2S/c1-2-20(23(21,22)16-12-10-15(19)11-13-16)18-9-5-7-14-6-3-4-8-17(14)18/h3-13H,2H2,1H3. The summed E-state index contributed by atoms with van der Waals surface area (Å²) in [6.07, 6.45) is 0. The second-order valence-corrected chi connectivity index (χ2v) is 6.98. The molecule has 0 saturated carbocycles. The van der Waals surface area contributed by atoms with Crippen molar-refractivity contribution in [2.24, 2.45) is 0 Å². The Morgan fingerprint density at radius 3 is 2.26 bits per heavy atom. The molecule has 0 fully saturated rings. The number of hydrogen-bond acceptors (Lipinski definition) is 2. The topological polar surface area (TPSA) is 37.4 Å². The van der Waals surface area contributed by atoms with Gasteiger partial charge in [0.25, 0.3) is 10.0 Å². The van der Waals surface area contributed by atoms with Gasteiger partial charge in [-0.25, -0.2) is 12.8 Å². The summed E-state index contributed by atoms with van der Waals surface area (Å²) in [5.41, 5.74) is 0.620. The van der Waals surface area contributed by atoms with Gasteiger partial charge in [0.1, 0.15) is 5.82 Å². The zero-order valence-corrected chi connectivity index (χ0v) is 13.4. The third kappa shape index (κ3) is 2.80. The lowest BCUT2D eigenvalue weighted by atomic mass is 10.1. The normalized spacial score (nSPS) is 11.6. The molecule has 0 radical (unpaired) electrons. The van der Waals surface area contributed by atoms with Gasteiger partial charge in [-0.3, -0.25) is 4.31 Å². The number of halogens is 1. The van der Waals surface area contributed by atoms with Gasteiger partial charge in [0.05, 0.1) is 10.6 Å². The molecule has 0 atom stereocenters. The fraction of sp³-hybridized carbons (Fsp3) is 0.111. The molecule has 0 spiro atoms. The Hall–Kier alpha value is -2.40. The van der Waals surface area contributed by atoms with E-state index in [2.05, 4.69) is 0 Å². The van der Waals surface area contributed by atoms with E-state index < -0.39 is 15.8 Å². The second kappa shape index (κ2) is 6.01. The summed E-state index contributed by atoms with van der Waals surface area (Å²) in [6, 6.07) is 18.1. The van der Waals surface area contributed by atoms with Gasteiger partial charge in [-0.2, -0.15) is 0 Å². The van der Waals surface area contributed by atoms with Crippen molar-refractivity contribution < 1.29 is 12.8 Å². The van der Waals surface area contributed by atoms with E-state index in [0.717, 1.165) is 22.9 Å². The number of benzene rings is 3. The number of hydrogen-bond donors (Lipinski definition) is 0. The van der Waals surface area contributed by atoms with E-state index in [1.54, 1.807) is 13.0 Å². The monoisotopic (exact) mass is 329 g/mol. The van der Waals surface area contributed by atoms with Gasteiger partial charge in [0.15, 0.2) is 0 Å². The highest BCUT2D eigenvalue weighted by molar-refractivity contribution is 7.92. The molecule has 3 aromatic rings. The van der Waals surface area contributed by atoms with E-state index in [4.69, 9.17) is 0 Å². The van der Waals surface area contributed by atoms with E-state index in [1.165, 1.54) is 16.4 Å². The van der Waals surface area contributed by atoms with Gasteiger partial charge >= 0.3 is 0 Å². The molecule has 0 aliphatic carbocycles. The zero-order chi connectivity index (χ0) is 16.4. The Morgan fingerprint density at radius 2 is 1.57 bits per heavy atom. The molecule has 23 heavy (non-hydrogen) atoms. The van der Waals surface area contributed by atoms with Crippen molar-refractivity contribution in [2.45, 2.75) is 11.8 Å². The molecule has 3 nitrogen and oxygen atoms in total. The highest BCUT2D eigenvalue weighted by atomic mass is 32.2. The maximum atomic E-state index is 13.1. The van der Waals surface area contributed by atoms with Crippen LogP contribution >= 0.6 is 0 Å². The van der Waals surface area contributed by atoms with Crippen molar-refractivity contribution in [3.8, 4) is 0 Å². The van der Waals surface area contributed by atoms with E-state index >= 15 is 0 Å². The van der Waals surface area contributed by atoms with Crippen LogP contribution in [0.2, 0.25) is 0 Å². The summed E-state index contributed by atoms with van der Waals surface area (Å²) < 4.78 is 40.3. The number of fused-ring (bicyclic) bond motifs is 1. The van der Waals surface area contributed by atoms with Gasteiger partial charge in [-0.1, -0.05) is 36.4 Å². The minimum atomic E-state index is -3.75. The van der Waals surface area contributed by atoms with Crippen LogP contribution in [0.25, 0.3) is 10.8 Å². The van der Waals surface area contributed by atoms with Crippen molar-refractivity contribution in [3.63, 3.8) is 0 Å². The highest BCUT2D eigenvalue weighted by Gasteiger charge is 2.24. The molecule has 5 heteroatoms. The summed E-state index contributed by atoms with van der Waals surface area (Å²) in [7, 11) is -3.75. The second-order valence-electron chi connectivity index (χ2n) is 5.12. The Labute approximate surface area is 135 Å². The molecule has 0 N–H and O–H groups in total. The molecule has 0 unspecified atom stereocenters. The van der Waals surface area contributed by atoms with E-state index in [9.17, 15) is 12.8 Å². The fourth-order valence-corrected chi connectivity index (χ4v) is 4.12. The molecule has 3 aromatic carbocycles. The average Bonchev–Trinajstić information content (AvgIpc) is 2.56. The molecule has 0 aromatic heterocycles. The lowest BCUT2D eigenvalue weighted by molar-refractivity contribution is 0.591. The van der Waals surface area contributed by atoms with Crippen LogP contribution < -0.4 is 4.31 Å². The summed E-state index contributed by atoms with van der Waals surface area (Å²) in [6.45, 7) is 2.07. The van der Waals surface area contributed by atoms with Gasteiger partial charge in [-0.15, -0.1) is 0 Å². The van der Waals surface area contributed by atoms with Crippen LogP contribution in [0.1, 0.15) is 6.92 Å². The largest absolute Gasteiger partial charge is 0.266 e. The lowest BCUT2D eigenvalue weighted by Crippen LogP contribution is -2.30. The fourth-order valence-electron chi connectivity index (χ4n) is 2.63. The number of rotatable bonds is 4. The number of anilines is 1. The van der Waals surface area contributed by atoms with Gasteiger partial charge in [0.2, 0.25) is 0 Å². The van der Waals surface area contributed by atoms with Crippen LogP contribution in [0, 0.1) is 5.82 Å². The highest BCUT2D eigenvalue weighted by Crippen LogP contribution is 2.30. The van der Waals surface area contributed by atoms with Crippen LogP contribution in [0.3, 0.4) is 0 Å². The number of nitrogens with zero attached hydrogens (tertiary/aromatic N) is 1. The maximum Gasteiger partial charge on any atom is 0.264 e. The van der Waals surface area contributed by atoms with Gasteiger partial charge < -0.3 is 0 Å². The van der Waals surface area contributed by atoms with Crippen molar-refractivity contribution in [1.29, 1.82) is 0 Å². The van der Waals surface area contributed by atoms with Crippen molar-refractivity contribution in [2.75, 3.05) is 10.8 Å². The Kier molecular flexibility index (Phi) is 4.05. The van der Waals surface area contributed by atoms with Crippen LogP contribution in [-0.2, 0) is 10.0 Å². The predicted molar refractivity (Wildman–Crippen MR) is 90.6 cm³/mol. The lowest BCUT2D eigenvalue weighted by Gasteiger charge is -2.24. The molecule has 0 bridgehead atoms. The van der Waals surface area contributed by atoms with Gasteiger partial charge in [-0.05, 0) is 42.6 Å². The summed E-state index contributed by atoms with van der Waals surface area (Å²) in [5.74, 6) is -0.461. The van der Waals surface area contributed by atoms with Crippen LogP contribution in [0.4, 0.5) is 10.1 Å². The molecular weight excluding hydrogens is 313 g/mol. The summed E-state index contributed by atoms with van der Waals surface area (Å²) in [5, 5.41) is 1.83. The Bertz CT molecular complexity index is 931. The van der Waals surface area contributed by atoms with Crippen LogP contribution in [0.15, 0.2) is 71.6 Å². The summed E-state index contributed by atoms with van der Waals surface area (Å²) >= 11 is 0. The van der Waals surface area contributed by atoms with Crippen LogP contribution in [-0.4, -0.2) is 15.0 Å². The quantitative estimate of drug-likeness (QED) is 0.719. The molecule has 0 amide bonds. The van der Waals surface area contributed by atoms with Crippen molar-refractivity contribution >= 4 is 26.5 Å². The molecular formula is C18H16FNO2S. The first-order valence-corrected chi connectivity index (χ1v) is 8.74. The summed E-state index contributed by atoms with van der Waals surface area (Å²) in [4.78, 5) is 0.0775. The molecule has 0 aliphatic heterocycles. The van der Waals surface area contributed by atoms with E-state index in [1.807, 2.05) is 36.4 Å². The van der Waals surface area contributed by atoms with Crippen molar-refractivity contribution in [3.05, 3.63) is 72.5 Å². The first-order valence-electron chi connectivity index (χ1n) is 7.30. The first-order chi connectivity index (χ1) is 11.0. The van der Waals surface area contributed by atoms with Crippen LogP contribution in [0.5, 0.6) is 0 Å². The van der Waals surface area contributed by atoms with Gasteiger partial charge in [0, 0.05) is 11.9 Å². The minimum Gasteiger partial charge on any atom is -0.266 e. The number of sulfonamides is 1. The molecule has 0 saturated heterocycles. The smallest absolute Gasteiger partial charge is 0.264 e. The van der Waals surface area contributed by atoms with Crippen molar-refractivity contribution in [1.82, 2.24) is 0 Å². The molecule has 0 heterocycles. The third-order valence-electron chi connectivity index (χ3n) is 3.72. The predicted octanol–water partition coefficient (Wildman–Crippen LogP) is 4.19. The SMILES string of the molecule is CCN(c1cccc2ccccc12)S(=O)(=O)c1ccc(F)cc1. The maximum absolute atomic E-state index is 13.1. The van der Waals surface area contributed by atoms with E-state index in [0.29, 0.717) is 5.69 Å². The third-order valence-corrected chi connectivity index (χ3v) is 5.63. The molecule has 118 valence electrons. The zero-order valence-electron chi connectivity index (χ0n) is 12.6.